The van der Waals surface area contributed by atoms with Crippen molar-refractivity contribution in [3.05, 3.63) is 46.1 Å². The largest absolute Gasteiger partial charge is 0.444 e. The Hall–Kier alpha value is -3.70. The molecule has 4 heterocycles. The zero-order valence-corrected chi connectivity index (χ0v) is 24.4. The molecule has 0 saturated carbocycles. The molecule has 0 spiro atoms. The Bertz CT molecular complexity index is 1530. The fraction of sp³-hybridized carbons (Fsp3) is 0.500. The Balaban J connectivity index is 1.55. The molecule has 42 heavy (non-hydrogen) atoms. The van der Waals surface area contributed by atoms with E-state index in [1.807, 2.05) is 0 Å². The number of amides is 2. The van der Waals surface area contributed by atoms with Crippen LogP contribution in [-0.4, -0.2) is 64.5 Å². The topological polar surface area (TPSA) is 120 Å². The Morgan fingerprint density at radius 3 is 2.43 bits per heavy atom. The second kappa shape index (κ2) is 10.5. The predicted molar refractivity (Wildman–Crippen MR) is 137 cm³/mol. The summed E-state index contributed by atoms with van der Waals surface area (Å²) in [6, 6.07) is 1.66. The van der Waals surface area contributed by atoms with Gasteiger partial charge < -0.3 is 10.1 Å². The lowest BCUT2D eigenvalue weighted by Gasteiger charge is -2.33. The van der Waals surface area contributed by atoms with Crippen LogP contribution in [0.4, 0.5) is 36.8 Å². The van der Waals surface area contributed by atoms with E-state index in [1.54, 1.807) is 20.8 Å². The van der Waals surface area contributed by atoms with Crippen LogP contribution >= 0.6 is 15.9 Å². The summed E-state index contributed by atoms with van der Waals surface area (Å²) in [7, 11) is 0. The van der Waals surface area contributed by atoms with Crippen molar-refractivity contribution in [1.82, 2.24) is 34.4 Å². The molecule has 11 nitrogen and oxygen atoms in total. The molecule has 228 valence electrons. The van der Waals surface area contributed by atoms with E-state index in [-0.39, 0.29) is 21.8 Å². The molecule has 0 radical (unpaired) electrons. The van der Waals surface area contributed by atoms with Gasteiger partial charge in [-0.05, 0) is 56.6 Å². The number of aromatic nitrogens is 6. The van der Waals surface area contributed by atoms with Crippen LogP contribution in [0.2, 0.25) is 0 Å². The molecule has 1 aliphatic rings. The number of carbonyl (C=O) groups is 2. The molecule has 3 aromatic heterocycles. The highest BCUT2D eigenvalue weighted by molar-refractivity contribution is 9.10. The highest BCUT2D eigenvalue weighted by atomic mass is 79.9. The van der Waals surface area contributed by atoms with Crippen molar-refractivity contribution < 1.29 is 40.7 Å². The number of nitrogens with one attached hydrogen (secondary N) is 1. The smallest absolute Gasteiger partial charge is 0.435 e. The van der Waals surface area contributed by atoms with Crippen molar-refractivity contribution in [2.45, 2.75) is 70.8 Å². The van der Waals surface area contributed by atoms with Crippen molar-refractivity contribution in [2.75, 3.05) is 11.9 Å². The summed E-state index contributed by atoms with van der Waals surface area (Å²) < 4.78 is 89.7. The van der Waals surface area contributed by atoms with Crippen LogP contribution in [0.3, 0.4) is 0 Å². The summed E-state index contributed by atoms with van der Waals surface area (Å²) in [6.07, 6.45) is -5.47. The van der Waals surface area contributed by atoms with E-state index >= 15 is 4.39 Å². The van der Waals surface area contributed by atoms with E-state index in [0.29, 0.717) is 0 Å². The summed E-state index contributed by atoms with van der Waals surface area (Å²) in [4.78, 5) is 34.1. The predicted octanol–water partition coefficient (Wildman–Crippen LogP) is 5.22. The number of halogens is 7. The van der Waals surface area contributed by atoms with Crippen molar-refractivity contribution in [3.8, 4) is 5.82 Å². The van der Waals surface area contributed by atoms with Gasteiger partial charge in [0.1, 0.15) is 28.6 Å². The first-order valence-corrected chi connectivity index (χ1v) is 13.1. The second-order valence-electron chi connectivity index (χ2n) is 10.9. The van der Waals surface area contributed by atoms with Gasteiger partial charge in [-0.3, -0.25) is 14.4 Å². The first-order chi connectivity index (χ1) is 19.2. The van der Waals surface area contributed by atoms with E-state index in [2.05, 4.69) is 41.4 Å². The number of likely N-dealkylation sites (tertiary alicyclic amines) is 1. The van der Waals surface area contributed by atoms with Gasteiger partial charge in [-0.2, -0.15) is 23.0 Å². The number of pyridine rings is 1. The molecule has 2 amide bonds. The Kier molecular flexibility index (Phi) is 7.84. The fourth-order valence-corrected chi connectivity index (χ4v) is 4.68. The van der Waals surface area contributed by atoms with Gasteiger partial charge in [0.15, 0.2) is 23.2 Å². The zero-order valence-electron chi connectivity index (χ0n) is 22.9. The summed E-state index contributed by atoms with van der Waals surface area (Å²) in [5.41, 5.74) is -3.89. The second-order valence-corrected chi connectivity index (χ2v) is 11.6. The monoisotopic (exact) mass is 666 g/mol. The minimum absolute atomic E-state index is 0.0774. The van der Waals surface area contributed by atoms with Crippen molar-refractivity contribution >= 4 is 33.6 Å². The number of ether oxygens (including phenoxy) is 1. The van der Waals surface area contributed by atoms with Crippen LogP contribution in [0.25, 0.3) is 5.82 Å². The summed E-state index contributed by atoms with van der Waals surface area (Å²) in [5, 5.41) is 9.83. The quantitative estimate of drug-likeness (QED) is 0.293. The van der Waals surface area contributed by atoms with Crippen molar-refractivity contribution in [3.63, 3.8) is 0 Å². The van der Waals surface area contributed by atoms with Crippen LogP contribution < -0.4 is 5.32 Å². The van der Waals surface area contributed by atoms with Gasteiger partial charge in [0.05, 0.1) is 12.2 Å². The Morgan fingerprint density at radius 2 is 1.83 bits per heavy atom. The zero-order chi connectivity index (χ0) is 31.4. The lowest BCUT2D eigenvalue weighted by molar-refractivity contribution is -0.141. The third kappa shape index (κ3) is 6.52. The summed E-state index contributed by atoms with van der Waals surface area (Å²) in [6.45, 7) is 5.91. The molecule has 3 aromatic rings. The maximum absolute atomic E-state index is 15.1. The number of rotatable bonds is 5. The summed E-state index contributed by atoms with van der Waals surface area (Å²) in [5.74, 6) is -5.73. The number of carbonyl (C=O) groups excluding carboxylic acids is 2. The fourth-order valence-electron chi connectivity index (χ4n) is 4.30. The van der Waals surface area contributed by atoms with Gasteiger partial charge in [-0.1, -0.05) is 0 Å². The average Bonchev–Trinajstić information content (AvgIpc) is 3.51. The third-order valence-corrected chi connectivity index (χ3v) is 6.75. The molecule has 1 saturated heterocycles. The minimum Gasteiger partial charge on any atom is -0.444 e. The Labute approximate surface area is 243 Å². The number of alkyl halides is 5. The Morgan fingerprint density at radius 1 is 1.17 bits per heavy atom. The molecule has 1 aliphatic heterocycles. The molecule has 1 atom stereocenters. The van der Waals surface area contributed by atoms with Gasteiger partial charge in [0.2, 0.25) is 5.91 Å². The standard InChI is InChI=1S/C24H25BrF6N8O3/c1-12-6-15(24(29,30)31)35-38(12)8-16(40)33-14-7-13(26)18(34-17(14)25)39-11-32-19(36-39)22(5)9-23(27,28)10-37(22)20(41)42-21(2,3)4/h6-7,11H,8-10H2,1-5H3,(H,33,40)/t22-/m0/s1. The number of hydrogen-bond acceptors (Lipinski definition) is 7. The van der Waals surface area contributed by atoms with Crippen LogP contribution in [0.1, 0.15) is 51.3 Å². The van der Waals surface area contributed by atoms with E-state index < -0.39 is 72.1 Å². The number of anilines is 1. The number of aryl methyl sites for hydroxylation is 1. The lowest BCUT2D eigenvalue weighted by atomic mass is 9.97. The molecule has 0 bridgehead atoms. The van der Waals surface area contributed by atoms with Crippen LogP contribution in [0.15, 0.2) is 23.1 Å². The van der Waals surface area contributed by atoms with Crippen LogP contribution in [-0.2, 0) is 27.8 Å². The SMILES string of the molecule is Cc1cc(C(F)(F)F)nn1CC(=O)Nc1cc(F)c(-n2cnc([C@]3(C)CC(F)(F)CN3C(=O)OC(C)(C)C)n2)nc1Br. The molecular weight excluding hydrogens is 642 g/mol. The van der Waals surface area contributed by atoms with Gasteiger partial charge >= 0.3 is 12.3 Å². The first-order valence-electron chi connectivity index (χ1n) is 12.3. The molecule has 4 rings (SSSR count). The highest BCUT2D eigenvalue weighted by Crippen LogP contribution is 2.45. The van der Waals surface area contributed by atoms with Crippen LogP contribution in [0, 0.1) is 12.7 Å². The maximum atomic E-state index is 15.1. The van der Waals surface area contributed by atoms with E-state index in [9.17, 15) is 31.5 Å². The van der Waals surface area contributed by atoms with Crippen molar-refractivity contribution in [2.24, 2.45) is 0 Å². The number of nitrogens with zero attached hydrogens (tertiary/aromatic N) is 7. The highest BCUT2D eigenvalue weighted by Gasteiger charge is 2.58. The van der Waals surface area contributed by atoms with Gasteiger partial charge in [0.25, 0.3) is 5.92 Å². The lowest BCUT2D eigenvalue weighted by Crippen LogP contribution is -2.46. The van der Waals surface area contributed by atoms with Crippen LogP contribution in [0.5, 0.6) is 0 Å². The van der Waals surface area contributed by atoms with Crippen molar-refractivity contribution in [1.29, 1.82) is 0 Å². The minimum atomic E-state index is -4.69. The van der Waals surface area contributed by atoms with Gasteiger partial charge in [-0.25, -0.2) is 27.9 Å². The van der Waals surface area contributed by atoms with Gasteiger partial charge in [-0.15, -0.1) is 5.10 Å². The van der Waals surface area contributed by atoms with E-state index in [4.69, 9.17) is 4.74 Å². The normalized spacial score (nSPS) is 18.8. The molecule has 18 heteroatoms. The molecule has 0 aliphatic carbocycles. The number of hydrogen-bond donors (Lipinski definition) is 1. The third-order valence-electron chi connectivity index (χ3n) is 6.14. The van der Waals surface area contributed by atoms with E-state index in [1.165, 1.54) is 13.8 Å². The molecule has 0 aromatic carbocycles. The maximum Gasteiger partial charge on any atom is 0.435 e. The summed E-state index contributed by atoms with van der Waals surface area (Å²) >= 11 is 3.10. The average molecular weight is 667 g/mol. The first kappa shape index (κ1) is 31.2. The molecule has 1 N–H and O–H groups in total. The molecule has 0 unspecified atom stereocenters. The molecular formula is C24H25BrF6N8O3. The van der Waals surface area contributed by atoms with E-state index in [0.717, 1.165) is 32.7 Å². The van der Waals surface area contributed by atoms with Gasteiger partial charge in [0, 0.05) is 18.2 Å². The molecule has 1 fully saturated rings.